The lowest BCUT2D eigenvalue weighted by Gasteiger charge is -2.02. The van der Waals surface area contributed by atoms with Crippen molar-refractivity contribution in [2.45, 2.75) is 6.42 Å². The highest BCUT2D eigenvalue weighted by atomic mass is 15.1. The van der Waals surface area contributed by atoms with Crippen LogP contribution in [0.5, 0.6) is 0 Å². The topological polar surface area (TPSA) is 78.2 Å². The first-order valence-electron chi connectivity index (χ1n) is 5.48. The molecule has 5 heteroatoms. The molecule has 0 amide bonds. The lowest BCUT2D eigenvalue weighted by Crippen LogP contribution is -1.91. The number of aromatic amines is 1. The SMILES string of the molecule is N#Cc1n[nH]c2c(Cc3cncnc3)cccc12. The van der Waals surface area contributed by atoms with Crippen LogP contribution in [0.3, 0.4) is 0 Å². The lowest BCUT2D eigenvalue weighted by atomic mass is 10.0. The number of H-pyrrole nitrogens is 1. The summed E-state index contributed by atoms with van der Waals surface area (Å²) in [5.74, 6) is 0. The standard InChI is InChI=1S/C13H9N5/c14-5-12-11-3-1-2-10(13(11)18-17-12)4-9-6-15-8-16-7-9/h1-3,6-8H,4H2,(H,17,18). The van der Waals surface area contributed by atoms with Crippen LogP contribution in [-0.2, 0) is 6.42 Å². The summed E-state index contributed by atoms with van der Waals surface area (Å²) < 4.78 is 0. The fourth-order valence-corrected chi connectivity index (χ4v) is 1.98. The number of rotatable bonds is 2. The van der Waals surface area contributed by atoms with E-state index in [9.17, 15) is 0 Å². The second-order valence-electron chi connectivity index (χ2n) is 3.95. The molecule has 86 valence electrons. The average Bonchev–Trinajstić information content (AvgIpc) is 2.84. The molecule has 5 nitrogen and oxygen atoms in total. The zero-order valence-electron chi connectivity index (χ0n) is 9.46. The number of nitrogens with zero attached hydrogens (tertiary/aromatic N) is 4. The number of hydrogen-bond acceptors (Lipinski definition) is 4. The smallest absolute Gasteiger partial charge is 0.170 e. The van der Waals surface area contributed by atoms with Gasteiger partial charge in [-0.25, -0.2) is 9.97 Å². The number of hydrogen-bond donors (Lipinski definition) is 1. The number of nitrogens with one attached hydrogen (secondary N) is 1. The molecule has 18 heavy (non-hydrogen) atoms. The van der Waals surface area contributed by atoms with Gasteiger partial charge in [-0.05, 0) is 17.2 Å². The first kappa shape index (κ1) is 10.4. The Morgan fingerprint density at radius 1 is 1.22 bits per heavy atom. The van der Waals surface area contributed by atoms with Crippen molar-refractivity contribution in [2.24, 2.45) is 0 Å². The van der Waals surface area contributed by atoms with Crippen molar-refractivity contribution in [1.82, 2.24) is 20.2 Å². The normalized spacial score (nSPS) is 10.4. The fraction of sp³-hybridized carbons (Fsp3) is 0.0769. The summed E-state index contributed by atoms with van der Waals surface area (Å²) >= 11 is 0. The van der Waals surface area contributed by atoms with Crippen LogP contribution < -0.4 is 0 Å². The highest BCUT2D eigenvalue weighted by Crippen LogP contribution is 2.21. The van der Waals surface area contributed by atoms with E-state index in [1.165, 1.54) is 6.33 Å². The van der Waals surface area contributed by atoms with Gasteiger partial charge in [-0.3, -0.25) is 5.10 Å². The Hall–Kier alpha value is -2.74. The number of aromatic nitrogens is 4. The van der Waals surface area contributed by atoms with Crippen LogP contribution in [-0.4, -0.2) is 20.2 Å². The molecule has 3 rings (SSSR count). The first-order valence-corrected chi connectivity index (χ1v) is 5.48. The van der Waals surface area contributed by atoms with Crippen LogP contribution >= 0.6 is 0 Å². The average molecular weight is 235 g/mol. The zero-order chi connectivity index (χ0) is 12.4. The second-order valence-corrected chi connectivity index (χ2v) is 3.95. The first-order chi connectivity index (χ1) is 8.88. The molecule has 1 N–H and O–H groups in total. The van der Waals surface area contributed by atoms with Gasteiger partial charge >= 0.3 is 0 Å². The van der Waals surface area contributed by atoms with Gasteiger partial charge in [0.25, 0.3) is 0 Å². The van der Waals surface area contributed by atoms with Crippen molar-refractivity contribution < 1.29 is 0 Å². The van der Waals surface area contributed by atoms with Gasteiger partial charge < -0.3 is 0 Å². The maximum absolute atomic E-state index is 8.95. The third kappa shape index (κ3) is 1.70. The predicted molar refractivity (Wildman–Crippen MR) is 65.6 cm³/mol. The Morgan fingerprint density at radius 3 is 2.83 bits per heavy atom. The van der Waals surface area contributed by atoms with E-state index in [-0.39, 0.29) is 0 Å². The van der Waals surface area contributed by atoms with Gasteiger partial charge in [0.1, 0.15) is 12.4 Å². The largest absolute Gasteiger partial charge is 0.276 e. The zero-order valence-corrected chi connectivity index (χ0v) is 9.46. The third-order valence-electron chi connectivity index (χ3n) is 2.80. The van der Waals surface area contributed by atoms with E-state index >= 15 is 0 Å². The molecule has 3 aromatic rings. The minimum atomic E-state index is 0.427. The summed E-state index contributed by atoms with van der Waals surface area (Å²) in [7, 11) is 0. The van der Waals surface area contributed by atoms with E-state index in [0.29, 0.717) is 12.1 Å². The van der Waals surface area contributed by atoms with Crippen molar-refractivity contribution in [3.05, 3.63) is 53.7 Å². The molecule has 1 aromatic carbocycles. The Labute approximate surface area is 103 Å². The molecule has 0 aliphatic rings. The van der Waals surface area contributed by atoms with Crippen LogP contribution in [0.4, 0.5) is 0 Å². The molecular weight excluding hydrogens is 226 g/mol. The van der Waals surface area contributed by atoms with Crippen LogP contribution in [0.15, 0.2) is 36.9 Å². The van der Waals surface area contributed by atoms with Crippen molar-refractivity contribution in [3.8, 4) is 6.07 Å². The third-order valence-corrected chi connectivity index (χ3v) is 2.80. The molecule has 0 fully saturated rings. The van der Waals surface area contributed by atoms with Crippen molar-refractivity contribution in [2.75, 3.05) is 0 Å². The van der Waals surface area contributed by atoms with Gasteiger partial charge in [-0.15, -0.1) is 0 Å². The lowest BCUT2D eigenvalue weighted by molar-refractivity contribution is 1.06. The highest BCUT2D eigenvalue weighted by Gasteiger charge is 2.08. The fourth-order valence-electron chi connectivity index (χ4n) is 1.98. The predicted octanol–water partition coefficient (Wildman–Crippen LogP) is 1.82. The van der Waals surface area contributed by atoms with Crippen molar-refractivity contribution in [3.63, 3.8) is 0 Å². The maximum Gasteiger partial charge on any atom is 0.170 e. The quantitative estimate of drug-likeness (QED) is 0.734. The number of benzene rings is 1. The number of para-hydroxylation sites is 1. The molecule has 0 saturated carbocycles. The van der Waals surface area contributed by atoms with Gasteiger partial charge in [0.05, 0.1) is 5.52 Å². The van der Waals surface area contributed by atoms with Crippen molar-refractivity contribution in [1.29, 1.82) is 5.26 Å². The van der Waals surface area contributed by atoms with Gasteiger partial charge in [0.2, 0.25) is 0 Å². The monoisotopic (exact) mass is 235 g/mol. The Kier molecular flexibility index (Phi) is 2.47. The molecule has 0 aliphatic carbocycles. The highest BCUT2D eigenvalue weighted by molar-refractivity contribution is 5.86. The Morgan fingerprint density at radius 2 is 2.06 bits per heavy atom. The molecule has 2 heterocycles. The summed E-state index contributed by atoms with van der Waals surface area (Å²) in [4.78, 5) is 7.99. The molecule has 0 bridgehead atoms. The van der Waals surface area contributed by atoms with E-state index in [2.05, 4.69) is 26.2 Å². The summed E-state index contributed by atoms with van der Waals surface area (Å²) in [6, 6.07) is 7.90. The van der Waals surface area contributed by atoms with Crippen LogP contribution in [0.1, 0.15) is 16.8 Å². The van der Waals surface area contributed by atoms with Crippen LogP contribution in [0.2, 0.25) is 0 Å². The van der Waals surface area contributed by atoms with E-state index in [4.69, 9.17) is 5.26 Å². The minimum absolute atomic E-state index is 0.427. The second kappa shape index (κ2) is 4.26. The molecule has 0 unspecified atom stereocenters. The summed E-state index contributed by atoms with van der Waals surface area (Å²) in [6.07, 6.45) is 5.79. The molecule has 0 aliphatic heterocycles. The molecule has 0 atom stereocenters. The molecular formula is C13H9N5. The van der Waals surface area contributed by atoms with Gasteiger partial charge in [-0.2, -0.15) is 10.4 Å². The van der Waals surface area contributed by atoms with E-state index < -0.39 is 0 Å². The summed E-state index contributed by atoms with van der Waals surface area (Å²) in [5, 5.41) is 16.7. The van der Waals surface area contributed by atoms with E-state index in [1.807, 2.05) is 18.2 Å². The number of fused-ring (bicyclic) bond motifs is 1. The molecule has 0 radical (unpaired) electrons. The summed E-state index contributed by atoms with van der Waals surface area (Å²) in [5.41, 5.74) is 3.43. The van der Waals surface area contributed by atoms with Gasteiger partial charge in [-0.1, -0.05) is 12.1 Å². The van der Waals surface area contributed by atoms with Gasteiger partial charge in [0.15, 0.2) is 5.69 Å². The molecule has 0 saturated heterocycles. The molecule has 0 spiro atoms. The van der Waals surface area contributed by atoms with E-state index in [1.54, 1.807) is 12.4 Å². The Balaban J connectivity index is 2.08. The van der Waals surface area contributed by atoms with Gasteiger partial charge in [0, 0.05) is 24.2 Å². The number of nitriles is 1. The van der Waals surface area contributed by atoms with E-state index in [0.717, 1.165) is 22.0 Å². The minimum Gasteiger partial charge on any atom is -0.276 e. The van der Waals surface area contributed by atoms with Crippen LogP contribution in [0.25, 0.3) is 10.9 Å². The summed E-state index contributed by atoms with van der Waals surface area (Å²) in [6.45, 7) is 0. The Bertz CT molecular complexity index is 724. The van der Waals surface area contributed by atoms with Crippen LogP contribution in [0, 0.1) is 11.3 Å². The molecule has 2 aromatic heterocycles. The maximum atomic E-state index is 8.95. The van der Waals surface area contributed by atoms with Crippen molar-refractivity contribution >= 4 is 10.9 Å².